The molecular weight excluding hydrogens is 262 g/mol. The minimum atomic E-state index is 0.593. The number of halogens is 1. The highest BCUT2D eigenvalue weighted by Gasteiger charge is 2.07. The van der Waals surface area contributed by atoms with Crippen molar-refractivity contribution in [2.24, 2.45) is 0 Å². The van der Waals surface area contributed by atoms with E-state index < -0.39 is 0 Å². The highest BCUT2D eigenvalue weighted by Crippen LogP contribution is 2.27. The molecule has 72 valence electrons. The molecule has 0 saturated heterocycles. The molecule has 2 rings (SSSR count). The van der Waals surface area contributed by atoms with Crippen LogP contribution in [0.15, 0.2) is 28.3 Å². The molecule has 2 aromatic heterocycles. The smallest absolute Gasteiger partial charge is 0.181 e. The Kier molecular flexibility index (Phi) is 2.79. The van der Waals surface area contributed by atoms with E-state index in [1.807, 2.05) is 18.3 Å². The third-order valence-corrected chi connectivity index (χ3v) is 3.42. The summed E-state index contributed by atoms with van der Waals surface area (Å²) < 4.78 is 0.999. The summed E-state index contributed by atoms with van der Waals surface area (Å²) in [5.41, 5.74) is 7.71. The molecule has 0 saturated carbocycles. The van der Waals surface area contributed by atoms with Gasteiger partial charge in [0.05, 0.1) is 9.48 Å². The van der Waals surface area contributed by atoms with Crippen LogP contribution < -0.4 is 5.73 Å². The molecule has 3 nitrogen and oxygen atoms in total. The monoisotopic (exact) mass is 269 g/mol. The molecule has 0 aromatic carbocycles. The number of nitrogens with two attached hydrogens (primary N) is 1. The molecule has 14 heavy (non-hydrogen) atoms. The second-order valence-electron chi connectivity index (χ2n) is 2.81. The molecule has 0 aliphatic carbocycles. The molecular formula is C9H8BrN3S. The number of thiazole rings is 1. The molecule has 2 aromatic rings. The Morgan fingerprint density at radius 3 is 2.93 bits per heavy atom. The summed E-state index contributed by atoms with van der Waals surface area (Å²) in [7, 11) is 0. The average molecular weight is 270 g/mol. The van der Waals surface area contributed by atoms with Crippen LogP contribution in [-0.4, -0.2) is 9.97 Å². The number of hydrogen-bond donors (Lipinski definition) is 1. The van der Waals surface area contributed by atoms with E-state index in [1.165, 1.54) is 11.3 Å². The number of aromatic nitrogens is 2. The first-order valence-electron chi connectivity index (χ1n) is 4.05. The van der Waals surface area contributed by atoms with E-state index in [9.17, 15) is 0 Å². The van der Waals surface area contributed by atoms with Crippen molar-refractivity contribution in [2.75, 3.05) is 5.73 Å². The van der Waals surface area contributed by atoms with Gasteiger partial charge in [-0.3, -0.25) is 4.98 Å². The van der Waals surface area contributed by atoms with Gasteiger partial charge in [-0.1, -0.05) is 17.4 Å². The number of nitrogens with zero attached hydrogens (tertiary/aromatic N) is 2. The van der Waals surface area contributed by atoms with Gasteiger partial charge < -0.3 is 5.73 Å². The van der Waals surface area contributed by atoms with Gasteiger partial charge in [-0.25, -0.2) is 4.98 Å². The second-order valence-corrected chi connectivity index (χ2v) is 5.16. The summed E-state index contributed by atoms with van der Waals surface area (Å²) in [4.78, 5) is 8.27. The molecule has 0 bridgehead atoms. The molecule has 0 aliphatic rings. The van der Waals surface area contributed by atoms with Crippen LogP contribution in [0.25, 0.3) is 0 Å². The van der Waals surface area contributed by atoms with E-state index in [0.717, 1.165) is 21.5 Å². The largest absolute Gasteiger partial charge is 0.375 e. The lowest BCUT2D eigenvalue weighted by Crippen LogP contribution is -1.91. The Hall–Kier alpha value is -0.940. The van der Waals surface area contributed by atoms with Crippen molar-refractivity contribution in [2.45, 2.75) is 6.42 Å². The van der Waals surface area contributed by atoms with Crippen LogP contribution in [-0.2, 0) is 6.42 Å². The van der Waals surface area contributed by atoms with Crippen molar-refractivity contribution in [1.29, 1.82) is 0 Å². The van der Waals surface area contributed by atoms with E-state index in [4.69, 9.17) is 5.73 Å². The van der Waals surface area contributed by atoms with E-state index >= 15 is 0 Å². The molecule has 2 heterocycles. The minimum absolute atomic E-state index is 0.593. The number of rotatable bonds is 2. The van der Waals surface area contributed by atoms with E-state index in [-0.39, 0.29) is 0 Å². The van der Waals surface area contributed by atoms with Crippen LogP contribution in [0, 0.1) is 0 Å². The lowest BCUT2D eigenvalue weighted by atomic mass is 10.2. The molecule has 2 N–H and O–H groups in total. The number of nitrogen functional groups attached to an aromatic ring is 1. The van der Waals surface area contributed by atoms with Crippen LogP contribution in [0.1, 0.15) is 11.3 Å². The van der Waals surface area contributed by atoms with Gasteiger partial charge >= 0.3 is 0 Å². The summed E-state index contributed by atoms with van der Waals surface area (Å²) in [6.45, 7) is 0. The molecule has 0 spiro atoms. The quantitative estimate of drug-likeness (QED) is 0.912. The predicted molar refractivity (Wildman–Crippen MR) is 61.3 cm³/mol. The lowest BCUT2D eigenvalue weighted by Gasteiger charge is -1.96. The maximum atomic E-state index is 5.59. The summed E-state index contributed by atoms with van der Waals surface area (Å²) in [5, 5.41) is 0.593. The van der Waals surface area contributed by atoms with Crippen LogP contribution in [0.5, 0.6) is 0 Å². The Bertz CT molecular complexity index is 427. The summed E-state index contributed by atoms with van der Waals surface area (Å²) in [6, 6.07) is 3.94. The van der Waals surface area contributed by atoms with E-state index in [0.29, 0.717) is 5.13 Å². The molecule has 0 fully saturated rings. The summed E-state index contributed by atoms with van der Waals surface area (Å²) in [6.07, 6.45) is 4.36. The normalized spacial score (nSPS) is 10.4. The predicted octanol–water partition coefficient (Wildman–Crippen LogP) is 2.47. The summed E-state index contributed by atoms with van der Waals surface area (Å²) in [5.74, 6) is 0. The highest BCUT2D eigenvalue weighted by molar-refractivity contribution is 9.11. The first-order chi connectivity index (χ1) is 6.75. The van der Waals surface area contributed by atoms with Crippen LogP contribution in [0.3, 0.4) is 0 Å². The van der Waals surface area contributed by atoms with Crippen LogP contribution in [0.4, 0.5) is 5.13 Å². The maximum Gasteiger partial charge on any atom is 0.181 e. The standard InChI is InChI=1S/C9H8BrN3S/c10-8-7(13-9(11)14-8)4-6-2-1-3-12-5-6/h1-3,5H,4H2,(H2,11,13). The molecule has 5 heteroatoms. The number of pyridine rings is 1. The van der Waals surface area contributed by atoms with Crippen molar-refractivity contribution >= 4 is 32.4 Å². The zero-order valence-corrected chi connectivity index (χ0v) is 9.68. The van der Waals surface area contributed by atoms with Gasteiger partial charge in [0, 0.05) is 18.8 Å². The maximum absolute atomic E-state index is 5.59. The Morgan fingerprint density at radius 2 is 2.36 bits per heavy atom. The Labute approximate surface area is 94.1 Å². The third kappa shape index (κ3) is 2.10. The highest BCUT2D eigenvalue weighted by atomic mass is 79.9. The van der Waals surface area contributed by atoms with Crippen molar-refractivity contribution in [1.82, 2.24) is 9.97 Å². The topological polar surface area (TPSA) is 51.8 Å². The Morgan fingerprint density at radius 1 is 1.50 bits per heavy atom. The average Bonchev–Trinajstić information content (AvgIpc) is 2.47. The fourth-order valence-electron chi connectivity index (χ4n) is 1.16. The Balaban J connectivity index is 2.23. The zero-order chi connectivity index (χ0) is 9.97. The van der Waals surface area contributed by atoms with Crippen molar-refractivity contribution < 1.29 is 0 Å². The summed E-state index contributed by atoms with van der Waals surface area (Å²) >= 11 is 4.88. The van der Waals surface area contributed by atoms with Gasteiger partial charge in [-0.05, 0) is 27.6 Å². The molecule has 0 unspecified atom stereocenters. The van der Waals surface area contributed by atoms with Crippen molar-refractivity contribution in [3.8, 4) is 0 Å². The van der Waals surface area contributed by atoms with Crippen LogP contribution in [0.2, 0.25) is 0 Å². The molecule has 0 atom stereocenters. The zero-order valence-electron chi connectivity index (χ0n) is 7.27. The second kappa shape index (κ2) is 4.06. The van der Waals surface area contributed by atoms with Crippen molar-refractivity contribution in [3.05, 3.63) is 39.6 Å². The van der Waals surface area contributed by atoms with Crippen LogP contribution >= 0.6 is 27.3 Å². The lowest BCUT2D eigenvalue weighted by molar-refractivity contribution is 1.08. The van der Waals surface area contributed by atoms with Gasteiger partial charge in [0.1, 0.15) is 0 Å². The first-order valence-corrected chi connectivity index (χ1v) is 5.66. The van der Waals surface area contributed by atoms with Gasteiger partial charge in [0.2, 0.25) is 0 Å². The minimum Gasteiger partial charge on any atom is -0.375 e. The molecule has 0 amide bonds. The molecule has 0 aliphatic heterocycles. The number of hydrogen-bond acceptors (Lipinski definition) is 4. The SMILES string of the molecule is Nc1nc(Cc2cccnc2)c(Br)s1. The number of anilines is 1. The van der Waals surface area contributed by atoms with E-state index in [2.05, 4.69) is 25.9 Å². The van der Waals surface area contributed by atoms with Crippen molar-refractivity contribution in [3.63, 3.8) is 0 Å². The van der Waals surface area contributed by atoms with Gasteiger partial charge in [0.15, 0.2) is 5.13 Å². The fourth-order valence-corrected chi connectivity index (χ4v) is 2.46. The fraction of sp³-hybridized carbons (Fsp3) is 0.111. The first kappa shape index (κ1) is 9.61. The van der Waals surface area contributed by atoms with E-state index in [1.54, 1.807) is 6.20 Å². The van der Waals surface area contributed by atoms with Gasteiger partial charge in [0.25, 0.3) is 0 Å². The molecule has 0 radical (unpaired) electrons. The van der Waals surface area contributed by atoms with Gasteiger partial charge in [-0.15, -0.1) is 0 Å². The van der Waals surface area contributed by atoms with Gasteiger partial charge in [-0.2, -0.15) is 0 Å². The third-order valence-electron chi connectivity index (χ3n) is 1.76.